The largest absolute Gasteiger partial charge is 0.398 e. The Balaban J connectivity index is 1.93. The van der Waals surface area contributed by atoms with E-state index in [9.17, 15) is 8.42 Å². The van der Waals surface area contributed by atoms with E-state index in [1.807, 2.05) is 24.3 Å². The van der Waals surface area contributed by atoms with E-state index in [-0.39, 0.29) is 22.3 Å². The number of nitrogens with two attached hydrogens (primary N) is 1. The van der Waals surface area contributed by atoms with E-state index in [2.05, 4.69) is 0 Å². The molecule has 0 aromatic heterocycles. The van der Waals surface area contributed by atoms with E-state index in [4.69, 9.17) is 17.3 Å². The molecule has 2 N–H and O–H groups in total. The quantitative estimate of drug-likeness (QED) is 0.868. The van der Waals surface area contributed by atoms with Gasteiger partial charge in [0, 0.05) is 21.6 Å². The minimum Gasteiger partial charge on any atom is -0.398 e. The third-order valence-corrected chi connectivity index (χ3v) is 6.88. The molecule has 1 aliphatic rings. The summed E-state index contributed by atoms with van der Waals surface area (Å²) < 4.78 is 25.2. The van der Waals surface area contributed by atoms with Crippen LogP contribution in [0, 0.1) is 0 Å². The topological polar surface area (TPSA) is 60.2 Å². The molecule has 0 bridgehead atoms. The normalized spacial score (nSPS) is 17.7. The van der Waals surface area contributed by atoms with Gasteiger partial charge in [-0.25, -0.2) is 8.42 Å². The molecule has 0 amide bonds. The van der Waals surface area contributed by atoms with Gasteiger partial charge >= 0.3 is 0 Å². The van der Waals surface area contributed by atoms with Gasteiger partial charge in [0.05, 0.1) is 16.3 Å². The Bertz CT molecular complexity index is 790. The highest BCUT2D eigenvalue weighted by atomic mass is 35.5. The van der Waals surface area contributed by atoms with Gasteiger partial charge in [0.25, 0.3) is 0 Å². The molecule has 1 heterocycles. The first-order valence-corrected chi connectivity index (χ1v) is 9.48. The smallest absolute Gasteiger partial charge is 0.181 e. The van der Waals surface area contributed by atoms with Crippen molar-refractivity contribution in [3.63, 3.8) is 0 Å². The van der Waals surface area contributed by atoms with Crippen molar-refractivity contribution in [1.29, 1.82) is 0 Å². The van der Waals surface area contributed by atoms with Crippen LogP contribution in [0.2, 0.25) is 5.02 Å². The molecule has 110 valence electrons. The first-order valence-electron chi connectivity index (χ1n) is 6.47. The number of benzene rings is 2. The number of anilines is 1. The van der Waals surface area contributed by atoms with Crippen molar-refractivity contribution in [2.45, 2.75) is 15.7 Å². The summed E-state index contributed by atoms with van der Waals surface area (Å²) in [6.07, 6.45) is 0. The standard InChI is InChI=1S/C15H14ClNO2S2/c16-11-5-6-13(17)15(7-11)21(18,19)9-10-8-20-14-4-2-1-3-12(10)14/h1-7,10H,8-9,17H2. The molecule has 0 saturated carbocycles. The summed E-state index contributed by atoms with van der Waals surface area (Å²) in [7, 11) is -3.46. The van der Waals surface area contributed by atoms with Crippen LogP contribution in [0.1, 0.15) is 11.5 Å². The van der Waals surface area contributed by atoms with Crippen LogP contribution in [-0.2, 0) is 9.84 Å². The van der Waals surface area contributed by atoms with Crippen LogP contribution in [0.4, 0.5) is 5.69 Å². The number of nitrogen functional groups attached to an aromatic ring is 1. The molecule has 6 heteroatoms. The zero-order chi connectivity index (χ0) is 15.0. The fraction of sp³-hybridized carbons (Fsp3) is 0.200. The van der Waals surface area contributed by atoms with Crippen molar-refractivity contribution in [1.82, 2.24) is 0 Å². The molecule has 0 aliphatic carbocycles. The maximum atomic E-state index is 12.6. The van der Waals surface area contributed by atoms with E-state index < -0.39 is 9.84 Å². The summed E-state index contributed by atoms with van der Waals surface area (Å²) in [4.78, 5) is 1.29. The van der Waals surface area contributed by atoms with Crippen molar-refractivity contribution in [3.8, 4) is 0 Å². The number of hydrogen-bond acceptors (Lipinski definition) is 4. The SMILES string of the molecule is Nc1ccc(Cl)cc1S(=O)(=O)CC1CSc2ccccc21. The second-order valence-corrected chi connectivity index (χ2v) is 8.51. The Labute approximate surface area is 133 Å². The lowest BCUT2D eigenvalue weighted by Crippen LogP contribution is -2.16. The Morgan fingerprint density at radius 3 is 2.81 bits per heavy atom. The van der Waals surface area contributed by atoms with Crippen LogP contribution in [0.25, 0.3) is 0 Å². The predicted molar refractivity (Wildman–Crippen MR) is 87.8 cm³/mol. The summed E-state index contributed by atoms with van der Waals surface area (Å²) in [6.45, 7) is 0. The first kappa shape index (κ1) is 14.8. The van der Waals surface area contributed by atoms with E-state index in [1.165, 1.54) is 12.1 Å². The Morgan fingerprint density at radius 2 is 2.00 bits per heavy atom. The fourth-order valence-electron chi connectivity index (χ4n) is 2.50. The molecule has 0 fully saturated rings. The molecule has 0 saturated heterocycles. The van der Waals surface area contributed by atoms with Crippen molar-refractivity contribution in [3.05, 3.63) is 53.1 Å². The van der Waals surface area contributed by atoms with Crippen LogP contribution >= 0.6 is 23.4 Å². The second kappa shape index (κ2) is 5.55. The van der Waals surface area contributed by atoms with Crippen LogP contribution in [0.15, 0.2) is 52.3 Å². The van der Waals surface area contributed by atoms with E-state index in [1.54, 1.807) is 17.8 Å². The maximum absolute atomic E-state index is 12.6. The lowest BCUT2D eigenvalue weighted by molar-refractivity contribution is 0.591. The van der Waals surface area contributed by atoms with Gasteiger partial charge in [-0.05, 0) is 29.8 Å². The minimum atomic E-state index is -3.46. The molecular weight excluding hydrogens is 326 g/mol. The molecule has 21 heavy (non-hydrogen) atoms. The number of sulfone groups is 1. The van der Waals surface area contributed by atoms with Crippen molar-refractivity contribution >= 4 is 38.9 Å². The lowest BCUT2D eigenvalue weighted by atomic mass is 10.0. The Morgan fingerprint density at radius 1 is 1.24 bits per heavy atom. The summed E-state index contributed by atoms with van der Waals surface area (Å²) >= 11 is 7.59. The van der Waals surface area contributed by atoms with Crippen LogP contribution in [-0.4, -0.2) is 19.9 Å². The summed E-state index contributed by atoms with van der Waals surface area (Å²) in [5.74, 6) is 0.829. The molecule has 2 aromatic rings. The molecule has 2 aromatic carbocycles. The van der Waals surface area contributed by atoms with E-state index >= 15 is 0 Å². The third-order valence-electron chi connectivity index (χ3n) is 3.53. The van der Waals surface area contributed by atoms with E-state index in [0.717, 1.165) is 16.2 Å². The molecule has 1 atom stereocenters. The van der Waals surface area contributed by atoms with Gasteiger partial charge in [-0.2, -0.15) is 0 Å². The maximum Gasteiger partial charge on any atom is 0.181 e. The van der Waals surface area contributed by atoms with Crippen LogP contribution in [0.5, 0.6) is 0 Å². The van der Waals surface area contributed by atoms with Crippen LogP contribution < -0.4 is 5.73 Å². The van der Waals surface area contributed by atoms with Gasteiger partial charge < -0.3 is 5.73 Å². The Hall–Kier alpha value is -1.17. The highest BCUT2D eigenvalue weighted by Crippen LogP contribution is 2.41. The number of halogens is 1. The zero-order valence-corrected chi connectivity index (χ0v) is 13.5. The predicted octanol–water partition coefficient (Wildman–Crippen LogP) is 3.59. The molecule has 3 nitrogen and oxygen atoms in total. The molecule has 1 unspecified atom stereocenters. The minimum absolute atomic E-state index is 0.00502. The van der Waals surface area contributed by atoms with Gasteiger partial charge in [0.15, 0.2) is 9.84 Å². The van der Waals surface area contributed by atoms with Crippen LogP contribution in [0.3, 0.4) is 0 Å². The van der Waals surface area contributed by atoms with Gasteiger partial charge in [-0.1, -0.05) is 29.8 Å². The van der Waals surface area contributed by atoms with Gasteiger partial charge in [0.1, 0.15) is 0 Å². The third kappa shape index (κ3) is 2.91. The second-order valence-electron chi connectivity index (χ2n) is 5.01. The van der Waals surface area contributed by atoms with Gasteiger partial charge in [-0.3, -0.25) is 0 Å². The summed E-state index contributed by atoms with van der Waals surface area (Å²) in [5, 5.41) is 0.379. The zero-order valence-electron chi connectivity index (χ0n) is 11.1. The molecule has 3 rings (SSSR count). The van der Waals surface area contributed by atoms with Gasteiger partial charge in [-0.15, -0.1) is 11.8 Å². The number of fused-ring (bicyclic) bond motifs is 1. The van der Waals surface area contributed by atoms with Crippen molar-refractivity contribution < 1.29 is 8.42 Å². The van der Waals surface area contributed by atoms with Crippen molar-refractivity contribution in [2.24, 2.45) is 0 Å². The van der Waals surface area contributed by atoms with Crippen molar-refractivity contribution in [2.75, 3.05) is 17.2 Å². The summed E-state index contributed by atoms with van der Waals surface area (Å²) in [5.41, 5.74) is 7.15. The first-order chi connectivity index (χ1) is 9.97. The molecule has 0 spiro atoms. The number of hydrogen-bond donors (Lipinski definition) is 1. The fourth-order valence-corrected chi connectivity index (χ4v) is 5.88. The molecule has 0 radical (unpaired) electrons. The molecular formula is C15H14ClNO2S2. The number of rotatable bonds is 3. The lowest BCUT2D eigenvalue weighted by Gasteiger charge is -2.13. The highest BCUT2D eigenvalue weighted by Gasteiger charge is 2.29. The Kier molecular flexibility index (Phi) is 3.90. The average Bonchev–Trinajstić information content (AvgIpc) is 2.84. The highest BCUT2D eigenvalue weighted by molar-refractivity contribution is 7.99. The monoisotopic (exact) mass is 339 g/mol. The van der Waals surface area contributed by atoms with Gasteiger partial charge in [0.2, 0.25) is 0 Å². The summed E-state index contributed by atoms with van der Waals surface area (Å²) in [6, 6.07) is 12.5. The molecule has 1 aliphatic heterocycles. The average molecular weight is 340 g/mol. The number of thioether (sulfide) groups is 1. The van der Waals surface area contributed by atoms with E-state index in [0.29, 0.717) is 5.02 Å².